The third kappa shape index (κ3) is 5.94. The van der Waals surface area contributed by atoms with E-state index in [9.17, 15) is 4.79 Å². The van der Waals surface area contributed by atoms with Crippen molar-refractivity contribution < 1.29 is 9.90 Å². The SMILES string of the molecule is CC(CO)C(C)NC(=O)NCCc1ccc(Cl)cc1. The van der Waals surface area contributed by atoms with Gasteiger partial charge >= 0.3 is 6.03 Å². The van der Waals surface area contributed by atoms with Gasteiger partial charge in [0.1, 0.15) is 0 Å². The maximum Gasteiger partial charge on any atom is 0.315 e. The fraction of sp³-hybridized carbons (Fsp3) is 0.500. The fourth-order valence-corrected chi connectivity index (χ4v) is 1.66. The van der Waals surface area contributed by atoms with Crippen LogP contribution >= 0.6 is 11.6 Å². The Balaban J connectivity index is 2.25. The number of nitrogens with one attached hydrogen (secondary N) is 2. The van der Waals surface area contributed by atoms with Gasteiger partial charge in [-0.15, -0.1) is 0 Å². The largest absolute Gasteiger partial charge is 0.396 e. The highest BCUT2D eigenvalue weighted by atomic mass is 35.5. The van der Waals surface area contributed by atoms with Crippen molar-refractivity contribution in [2.24, 2.45) is 5.92 Å². The standard InChI is InChI=1S/C14H21ClN2O2/c1-10(9-18)11(2)17-14(19)16-8-7-12-3-5-13(15)6-4-12/h3-6,10-11,18H,7-9H2,1-2H3,(H2,16,17,19). The molecule has 1 aromatic carbocycles. The summed E-state index contributed by atoms with van der Waals surface area (Å²) in [6, 6.07) is 7.29. The molecule has 2 unspecified atom stereocenters. The van der Waals surface area contributed by atoms with Gasteiger partial charge in [-0.3, -0.25) is 0 Å². The van der Waals surface area contributed by atoms with Crippen molar-refractivity contribution in [3.63, 3.8) is 0 Å². The van der Waals surface area contributed by atoms with Gasteiger partial charge in [0.15, 0.2) is 0 Å². The van der Waals surface area contributed by atoms with Gasteiger partial charge in [0.2, 0.25) is 0 Å². The number of amides is 2. The molecular formula is C14H21ClN2O2. The highest BCUT2D eigenvalue weighted by Crippen LogP contribution is 2.09. The molecule has 0 spiro atoms. The Kier molecular flexibility index (Phi) is 6.67. The van der Waals surface area contributed by atoms with Crippen LogP contribution in [0.1, 0.15) is 19.4 Å². The normalized spacial score (nSPS) is 13.7. The summed E-state index contributed by atoms with van der Waals surface area (Å²) in [6.45, 7) is 4.39. The second-order valence-electron chi connectivity index (χ2n) is 4.73. The smallest absolute Gasteiger partial charge is 0.315 e. The second kappa shape index (κ2) is 8.02. The molecule has 0 aliphatic rings. The minimum absolute atomic E-state index is 0.0435. The van der Waals surface area contributed by atoms with Crippen LogP contribution in [0.4, 0.5) is 4.79 Å². The van der Waals surface area contributed by atoms with Crippen LogP contribution in [0.3, 0.4) is 0 Å². The molecule has 0 saturated heterocycles. The maximum atomic E-state index is 11.6. The molecule has 0 aliphatic heterocycles. The quantitative estimate of drug-likeness (QED) is 0.750. The molecule has 1 aromatic rings. The van der Waals surface area contributed by atoms with Crippen molar-refractivity contribution in [2.45, 2.75) is 26.3 Å². The molecule has 19 heavy (non-hydrogen) atoms. The first kappa shape index (κ1) is 15.8. The highest BCUT2D eigenvalue weighted by molar-refractivity contribution is 6.30. The van der Waals surface area contributed by atoms with Gasteiger partial charge < -0.3 is 15.7 Å². The minimum atomic E-state index is -0.207. The van der Waals surface area contributed by atoms with Gasteiger partial charge in [-0.1, -0.05) is 30.7 Å². The van der Waals surface area contributed by atoms with Crippen molar-refractivity contribution in [3.05, 3.63) is 34.9 Å². The Labute approximate surface area is 119 Å². The third-order valence-electron chi connectivity index (χ3n) is 3.11. The van der Waals surface area contributed by atoms with Gasteiger partial charge in [0.05, 0.1) is 0 Å². The lowest BCUT2D eigenvalue weighted by molar-refractivity contribution is 0.200. The molecular weight excluding hydrogens is 264 g/mol. The predicted molar refractivity (Wildman–Crippen MR) is 77.4 cm³/mol. The summed E-state index contributed by atoms with van der Waals surface area (Å²) >= 11 is 5.80. The van der Waals surface area contributed by atoms with Gasteiger partial charge in [0.25, 0.3) is 0 Å². The number of carbonyl (C=O) groups is 1. The zero-order valence-electron chi connectivity index (χ0n) is 11.3. The first-order valence-corrected chi connectivity index (χ1v) is 6.80. The Morgan fingerprint density at radius 3 is 2.53 bits per heavy atom. The molecule has 0 saturated carbocycles. The Hall–Kier alpha value is -1.26. The van der Waals surface area contributed by atoms with Crippen LogP contribution in [0.5, 0.6) is 0 Å². The van der Waals surface area contributed by atoms with Crippen molar-refractivity contribution in [1.29, 1.82) is 0 Å². The van der Waals surface area contributed by atoms with E-state index >= 15 is 0 Å². The molecule has 0 aromatic heterocycles. The fourth-order valence-electron chi connectivity index (χ4n) is 1.53. The lowest BCUT2D eigenvalue weighted by Crippen LogP contribution is -2.44. The van der Waals surface area contributed by atoms with Crippen LogP contribution in [0.25, 0.3) is 0 Å². The number of hydrogen-bond acceptors (Lipinski definition) is 2. The number of benzene rings is 1. The average molecular weight is 285 g/mol. The van der Waals surface area contributed by atoms with E-state index < -0.39 is 0 Å². The van der Waals surface area contributed by atoms with Crippen LogP contribution < -0.4 is 10.6 Å². The number of aliphatic hydroxyl groups excluding tert-OH is 1. The van der Waals surface area contributed by atoms with E-state index in [2.05, 4.69) is 10.6 Å². The number of urea groups is 1. The van der Waals surface area contributed by atoms with E-state index in [4.69, 9.17) is 16.7 Å². The summed E-state index contributed by atoms with van der Waals surface area (Å²) in [5.41, 5.74) is 1.13. The van der Waals surface area contributed by atoms with Crippen molar-refractivity contribution in [2.75, 3.05) is 13.2 Å². The van der Waals surface area contributed by atoms with Gasteiger partial charge in [-0.25, -0.2) is 4.79 Å². The average Bonchev–Trinajstić information content (AvgIpc) is 2.40. The first-order chi connectivity index (χ1) is 9.02. The molecule has 0 heterocycles. The van der Waals surface area contributed by atoms with E-state index in [1.165, 1.54) is 0 Å². The number of rotatable bonds is 6. The molecule has 5 heteroatoms. The Morgan fingerprint density at radius 1 is 1.32 bits per heavy atom. The lowest BCUT2D eigenvalue weighted by atomic mass is 10.1. The number of halogens is 1. The van der Waals surface area contributed by atoms with Crippen LogP contribution in [-0.4, -0.2) is 30.3 Å². The molecule has 2 amide bonds. The molecule has 106 valence electrons. The molecule has 0 radical (unpaired) electrons. The van der Waals surface area contributed by atoms with Gasteiger partial charge in [0, 0.05) is 24.2 Å². The van der Waals surface area contributed by atoms with E-state index in [1.54, 1.807) is 0 Å². The lowest BCUT2D eigenvalue weighted by Gasteiger charge is -2.19. The van der Waals surface area contributed by atoms with E-state index in [0.717, 1.165) is 12.0 Å². The summed E-state index contributed by atoms with van der Waals surface area (Å²) in [5.74, 6) is 0.0435. The third-order valence-corrected chi connectivity index (χ3v) is 3.36. The highest BCUT2D eigenvalue weighted by Gasteiger charge is 2.13. The number of aliphatic hydroxyl groups is 1. The topological polar surface area (TPSA) is 61.4 Å². The molecule has 0 bridgehead atoms. The zero-order chi connectivity index (χ0) is 14.3. The summed E-state index contributed by atoms with van der Waals surface area (Å²) < 4.78 is 0. The zero-order valence-corrected chi connectivity index (χ0v) is 12.1. The predicted octanol–water partition coefficient (Wildman–Crippen LogP) is 2.20. The van der Waals surface area contributed by atoms with Crippen LogP contribution in [0.2, 0.25) is 5.02 Å². The van der Waals surface area contributed by atoms with E-state index in [-0.39, 0.29) is 24.6 Å². The van der Waals surface area contributed by atoms with E-state index in [1.807, 2.05) is 38.1 Å². The van der Waals surface area contributed by atoms with Crippen LogP contribution in [0, 0.1) is 5.92 Å². The van der Waals surface area contributed by atoms with Crippen LogP contribution in [0.15, 0.2) is 24.3 Å². The van der Waals surface area contributed by atoms with E-state index in [0.29, 0.717) is 11.6 Å². The first-order valence-electron chi connectivity index (χ1n) is 6.42. The molecule has 0 fully saturated rings. The summed E-state index contributed by atoms with van der Waals surface area (Å²) in [6.07, 6.45) is 0.758. The minimum Gasteiger partial charge on any atom is -0.396 e. The molecule has 4 nitrogen and oxygen atoms in total. The Morgan fingerprint density at radius 2 is 1.95 bits per heavy atom. The molecule has 2 atom stereocenters. The van der Waals surface area contributed by atoms with Crippen molar-refractivity contribution >= 4 is 17.6 Å². The number of carbonyl (C=O) groups excluding carboxylic acids is 1. The van der Waals surface area contributed by atoms with Gasteiger partial charge in [-0.2, -0.15) is 0 Å². The molecule has 1 rings (SSSR count). The van der Waals surface area contributed by atoms with Gasteiger partial charge in [-0.05, 0) is 37.0 Å². The molecule has 0 aliphatic carbocycles. The second-order valence-corrected chi connectivity index (χ2v) is 5.16. The maximum absolute atomic E-state index is 11.6. The summed E-state index contributed by atoms with van der Waals surface area (Å²) in [7, 11) is 0. The van der Waals surface area contributed by atoms with Crippen LogP contribution in [-0.2, 0) is 6.42 Å². The van der Waals surface area contributed by atoms with Crippen molar-refractivity contribution in [3.8, 4) is 0 Å². The Bertz CT molecular complexity index is 395. The molecule has 3 N–H and O–H groups in total. The number of hydrogen-bond donors (Lipinski definition) is 3. The summed E-state index contributed by atoms with van der Waals surface area (Å²) in [4.78, 5) is 11.6. The van der Waals surface area contributed by atoms with Crippen molar-refractivity contribution in [1.82, 2.24) is 10.6 Å². The summed E-state index contributed by atoms with van der Waals surface area (Å²) in [5, 5.41) is 15.3. The monoisotopic (exact) mass is 284 g/mol.